The number of hydrogen-bond donors (Lipinski definition) is 2. The average molecular weight is 527 g/mol. The Labute approximate surface area is 198 Å². The second-order valence-electron chi connectivity index (χ2n) is 6.98. The molecule has 0 aliphatic rings. The molecule has 1 aromatic heterocycles. The molecular formula is C23H24N2O6Rh. The normalized spacial score (nSPS) is 10.3. The van der Waals surface area contributed by atoms with Crippen molar-refractivity contribution >= 4 is 12.1 Å². The second kappa shape index (κ2) is 12.0. The summed E-state index contributed by atoms with van der Waals surface area (Å²) < 4.78 is 11.5. The Kier molecular flexibility index (Phi) is 9.41. The molecule has 0 saturated carbocycles. The molecule has 171 valence electrons. The minimum absolute atomic E-state index is 0. The monoisotopic (exact) mass is 527 g/mol. The molecule has 8 nitrogen and oxygen atoms in total. The van der Waals surface area contributed by atoms with Crippen LogP contribution in [0.25, 0.3) is 11.5 Å². The van der Waals surface area contributed by atoms with E-state index in [0.717, 1.165) is 27.5 Å². The van der Waals surface area contributed by atoms with Gasteiger partial charge in [0, 0.05) is 44.6 Å². The number of carboxylic acids is 1. The first-order valence-corrected chi connectivity index (χ1v) is 9.85. The Morgan fingerprint density at radius 2 is 1.75 bits per heavy atom. The van der Waals surface area contributed by atoms with Crippen LogP contribution >= 0.6 is 0 Å². The van der Waals surface area contributed by atoms with Gasteiger partial charge in [0.25, 0.3) is 0 Å². The number of oxazole rings is 1. The van der Waals surface area contributed by atoms with Crippen molar-refractivity contribution < 1.29 is 48.4 Å². The molecule has 0 unspecified atom stereocenters. The SMILES string of the molecule is Cc1oc(-c2ccccc2)nc1CCOc1ccc(CN(CCC(=O)O)C(=O)O)cc1.[Rh]. The number of aromatic nitrogens is 1. The number of nitrogens with zero attached hydrogens (tertiary/aromatic N) is 2. The number of amides is 1. The number of aryl methyl sites for hydroxylation is 1. The molecule has 0 atom stereocenters. The van der Waals surface area contributed by atoms with E-state index in [1.54, 1.807) is 24.3 Å². The van der Waals surface area contributed by atoms with E-state index in [2.05, 4.69) is 4.98 Å². The van der Waals surface area contributed by atoms with Gasteiger partial charge in [0.1, 0.15) is 11.5 Å². The van der Waals surface area contributed by atoms with Gasteiger partial charge in [-0.2, -0.15) is 0 Å². The van der Waals surface area contributed by atoms with Crippen molar-refractivity contribution in [2.75, 3.05) is 13.2 Å². The van der Waals surface area contributed by atoms with Gasteiger partial charge in [0.15, 0.2) is 0 Å². The van der Waals surface area contributed by atoms with Crippen molar-refractivity contribution in [2.45, 2.75) is 26.3 Å². The van der Waals surface area contributed by atoms with Gasteiger partial charge >= 0.3 is 12.1 Å². The Bertz CT molecular complexity index is 1020. The van der Waals surface area contributed by atoms with Crippen molar-refractivity contribution in [1.82, 2.24) is 9.88 Å². The standard InChI is InChI=1S/C23H24N2O6.Rh/c1-16-20(24-22(31-16)18-5-3-2-4-6-18)12-14-30-19-9-7-17(8-10-19)15-25(23(28)29)13-11-21(26)27;/h2-10H,11-15H2,1H3,(H,26,27)(H,28,29);. The van der Waals surface area contributed by atoms with Crippen LogP contribution in [0.4, 0.5) is 4.79 Å². The predicted molar refractivity (Wildman–Crippen MR) is 113 cm³/mol. The fourth-order valence-electron chi connectivity index (χ4n) is 3.01. The van der Waals surface area contributed by atoms with Gasteiger partial charge in [-0.3, -0.25) is 4.79 Å². The molecule has 0 fully saturated rings. The molecule has 1 amide bonds. The van der Waals surface area contributed by atoms with Crippen LogP contribution in [0.3, 0.4) is 0 Å². The molecule has 3 rings (SSSR count). The van der Waals surface area contributed by atoms with Crippen molar-refractivity contribution in [3.63, 3.8) is 0 Å². The van der Waals surface area contributed by atoms with Crippen molar-refractivity contribution in [3.8, 4) is 17.2 Å². The summed E-state index contributed by atoms with van der Waals surface area (Å²) in [6.07, 6.45) is -0.799. The van der Waals surface area contributed by atoms with E-state index >= 15 is 0 Å². The quantitative estimate of drug-likeness (QED) is 0.380. The summed E-state index contributed by atoms with van der Waals surface area (Å²) in [5, 5.41) is 18.0. The first kappa shape index (κ1) is 25.1. The van der Waals surface area contributed by atoms with E-state index in [0.29, 0.717) is 24.7 Å². The van der Waals surface area contributed by atoms with Crippen LogP contribution in [0.2, 0.25) is 0 Å². The Morgan fingerprint density at radius 3 is 2.38 bits per heavy atom. The summed E-state index contributed by atoms with van der Waals surface area (Å²) >= 11 is 0. The van der Waals surface area contributed by atoms with Gasteiger partial charge in [-0.05, 0) is 36.8 Å². The van der Waals surface area contributed by atoms with Crippen LogP contribution in [0.1, 0.15) is 23.4 Å². The van der Waals surface area contributed by atoms with Gasteiger partial charge in [-0.15, -0.1) is 0 Å². The summed E-state index contributed by atoms with van der Waals surface area (Å²) in [6, 6.07) is 16.7. The van der Waals surface area contributed by atoms with E-state index in [1.165, 1.54) is 0 Å². The molecular weight excluding hydrogens is 503 g/mol. The molecule has 2 N–H and O–H groups in total. The number of ether oxygens (including phenoxy) is 1. The van der Waals surface area contributed by atoms with E-state index in [4.69, 9.17) is 14.3 Å². The Morgan fingerprint density at radius 1 is 1.06 bits per heavy atom. The van der Waals surface area contributed by atoms with Gasteiger partial charge in [-0.25, -0.2) is 9.78 Å². The van der Waals surface area contributed by atoms with Gasteiger partial charge in [0.2, 0.25) is 5.89 Å². The zero-order chi connectivity index (χ0) is 22.2. The smallest absolute Gasteiger partial charge is 0.407 e. The molecule has 32 heavy (non-hydrogen) atoms. The largest absolute Gasteiger partial charge is 0.493 e. The summed E-state index contributed by atoms with van der Waals surface area (Å²) in [6.45, 7) is 2.34. The van der Waals surface area contributed by atoms with Crippen LogP contribution < -0.4 is 4.74 Å². The molecule has 0 aliphatic carbocycles. The number of carboxylic acid groups (broad SMARTS) is 2. The summed E-state index contributed by atoms with van der Waals surface area (Å²) in [4.78, 5) is 27.6. The average Bonchev–Trinajstić information content (AvgIpc) is 3.13. The van der Waals surface area contributed by atoms with Crippen LogP contribution in [0.5, 0.6) is 5.75 Å². The third-order valence-electron chi connectivity index (χ3n) is 4.68. The summed E-state index contributed by atoms with van der Waals surface area (Å²) in [5.41, 5.74) is 2.51. The van der Waals surface area contributed by atoms with Crippen molar-refractivity contribution in [2.24, 2.45) is 0 Å². The topological polar surface area (TPSA) is 113 Å². The molecule has 0 bridgehead atoms. The zero-order valence-electron chi connectivity index (χ0n) is 17.5. The van der Waals surface area contributed by atoms with Gasteiger partial charge < -0.3 is 24.3 Å². The number of carbonyl (C=O) groups is 2. The zero-order valence-corrected chi connectivity index (χ0v) is 19.1. The van der Waals surface area contributed by atoms with Crippen LogP contribution in [-0.2, 0) is 37.2 Å². The molecule has 1 heterocycles. The minimum atomic E-state index is -1.15. The molecule has 1 radical (unpaired) electrons. The van der Waals surface area contributed by atoms with Gasteiger partial charge in [0.05, 0.1) is 18.7 Å². The van der Waals surface area contributed by atoms with Crippen LogP contribution in [-0.4, -0.2) is 45.3 Å². The summed E-state index contributed by atoms with van der Waals surface area (Å²) in [7, 11) is 0. The fraction of sp³-hybridized carbons (Fsp3) is 0.261. The number of hydrogen-bond acceptors (Lipinski definition) is 5. The minimum Gasteiger partial charge on any atom is -0.493 e. The Hall–Kier alpha value is -3.19. The van der Waals surface area contributed by atoms with Crippen LogP contribution in [0.15, 0.2) is 59.0 Å². The molecule has 9 heteroatoms. The third kappa shape index (κ3) is 7.20. The predicted octanol–water partition coefficient (Wildman–Crippen LogP) is 4.22. The van der Waals surface area contributed by atoms with E-state index < -0.39 is 12.1 Å². The molecule has 0 aliphatic heterocycles. The molecule has 3 aromatic rings. The van der Waals surface area contributed by atoms with Crippen molar-refractivity contribution in [3.05, 3.63) is 71.6 Å². The Balaban J connectivity index is 0.00000363. The third-order valence-corrected chi connectivity index (χ3v) is 4.68. The number of benzene rings is 2. The summed E-state index contributed by atoms with van der Waals surface area (Å²) in [5.74, 6) is 0.963. The van der Waals surface area contributed by atoms with E-state index in [-0.39, 0.29) is 39.0 Å². The maximum absolute atomic E-state index is 11.3. The van der Waals surface area contributed by atoms with Gasteiger partial charge in [-0.1, -0.05) is 30.3 Å². The second-order valence-corrected chi connectivity index (χ2v) is 6.98. The fourth-order valence-corrected chi connectivity index (χ4v) is 3.01. The number of rotatable bonds is 10. The molecule has 0 saturated heterocycles. The first-order valence-electron chi connectivity index (χ1n) is 9.85. The van der Waals surface area contributed by atoms with Crippen molar-refractivity contribution in [1.29, 1.82) is 0 Å². The maximum atomic E-state index is 11.3. The van der Waals surface area contributed by atoms with E-state index in [1.807, 2.05) is 37.3 Å². The molecule has 2 aromatic carbocycles. The van der Waals surface area contributed by atoms with E-state index in [9.17, 15) is 14.7 Å². The maximum Gasteiger partial charge on any atom is 0.407 e. The molecule has 0 spiro atoms. The first-order chi connectivity index (χ1) is 14.9. The van der Waals surface area contributed by atoms with Crippen LogP contribution in [0, 0.1) is 6.92 Å². The number of aliphatic carboxylic acids is 1.